The van der Waals surface area contributed by atoms with Crippen LogP contribution in [0.25, 0.3) is 0 Å². The highest BCUT2D eigenvalue weighted by atomic mass is 35.5. The highest BCUT2D eigenvalue weighted by molar-refractivity contribution is 6.21. The number of hydrogen-bond donors (Lipinski definition) is 1. The van der Waals surface area contributed by atoms with Crippen molar-refractivity contribution in [2.24, 2.45) is 0 Å². The van der Waals surface area contributed by atoms with Gasteiger partial charge in [0, 0.05) is 18.0 Å². The number of nitrogens with one attached hydrogen (secondary N) is 1. The summed E-state index contributed by atoms with van der Waals surface area (Å²) in [6.45, 7) is 0.626. The zero-order valence-electron chi connectivity index (χ0n) is 9.51. The molecule has 0 atom stereocenters. The van der Waals surface area contributed by atoms with E-state index in [-0.39, 0.29) is 11.1 Å². The van der Waals surface area contributed by atoms with Gasteiger partial charge in [-0.2, -0.15) is 0 Å². The quantitative estimate of drug-likeness (QED) is 0.853. The second-order valence-electron chi connectivity index (χ2n) is 4.34. The molecule has 0 saturated heterocycles. The number of alkyl halides is 4. The number of ether oxygens (including phenoxy) is 1. The molecule has 2 nitrogen and oxygen atoms in total. The van der Waals surface area contributed by atoms with Gasteiger partial charge in [-0.1, -0.05) is 12.1 Å². The Hall–Kier alpha value is -0.940. The van der Waals surface area contributed by atoms with Gasteiger partial charge in [0.05, 0.1) is 0 Å². The van der Waals surface area contributed by atoms with Gasteiger partial charge < -0.3 is 10.1 Å². The van der Waals surface area contributed by atoms with Crippen molar-refractivity contribution < 1.29 is 17.9 Å². The van der Waals surface area contributed by atoms with Gasteiger partial charge in [-0.05, 0) is 30.5 Å². The average molecular weight is 280 g/mol. The Balaban J connectivity index is 1.80. The standard InChI is InChI=1S/C12H13ClF3NO/c13-9-5-10(6-9)17-7-8-1-3-11(4-2-8)18-12(14,15)16/h1-4,9-10,17H,5-7H2. The largest absolute Gasteiger partial charge is 0.573 e. The zero-order valence-corrected chi connectivity index (χ0v) is 10.3. The minimum atomic E-state index is -4.64. The van der Waals surface area contributed by atoms with Crippen LogP contribution in [0, 0.1) is 0 Å². The highest BCUT2D eigenvalue weighted by Gasteiger charge is 2.31. The fraction of sp³-hybridized carbons (Fsp3) is 0.500. The molecule has 0 bridgehead atoms. The summed E-state index contributed by atoms with van der Waals surface area (Å²) in [5.41, 5.74) is 0.919. The van der Waals surface area contributed by atoms with Crippen molar-refractivity contribution in [2.45, 2.75) is 37.2 Å². The lowest BCUT2D eigenvalue weighted by molar-refractivity contribution is -0.274. The maximum absolute atomic E-state index is 11.9. The monoisotopic (exact) mass is 279 g/mol. The van der Waals surface area contributed by atoms with Crippen LogP contribution in [0.1, 0.15) is 18.4 Å². The first kappa shape index (κ1) is 13.5. The van der Waals surface area contributed by atoms with Crippen LogP contribution >= 0.6 is 11.6 Å². The van der Waals surface area contributed by atoms with E-state index >= 15 is 0 Å². The predicted molar refractivity (Wildman–Crippen MR) is 62.6 cm³/mol. The number of rotatable bonds is 4. The third-order valence-electron chi connectivity index (χ3n) is 2.83. The summed E-state index contributed by atoms with van der Waals surface area (Å²) in [6, 6.07) is 6.28. The Labute approximate surface area is 108 Å². The minimum absolute atomic E-state index is 0.198. The lowest BCUT2D eigenvalue weighted by Crippen LogP contribution is -2.41. The predicted octanol–water partition coefficient (Wildman–Crippen LogP) is 3.44. The molecule has 0 aromatic heterocycles. The molecular formula is C12H13ClF3NO. The third kappa shape index (κ3) is 4.07. The van der Waals surface area contributed by atoms with Gasteiger partial charge in [-0.25, -0.2) is 0 Å². The van der Waals surface area contributed by atoms with Gasteiger partial charge in [-0.3, -0.25) is 0 Å². The van der Waals surface area contributed by atoms with E-state index in [4.69, 9.17) is 11.6 Å². The maximum atomic E-state index is 11.9. The first-order valence-corrected chi connectivity index (χ1v) is 6.08. The topological polar surface area (TPSA) is 21.3 Å². The molecule has 0 heterocycles. The van der Waals surface area contributed by atoms with Crippen LogP contribution in [0.4, 0.5) is 13.2 Å². The van der Waals surface area contributed by atoms with E-state index in [1.54, 1.807) is 12.1 Å². The van der Waals surface area contributed by atoms with E-state index in [9.17, 15) is 13.2 Å². The van der Waals surface area contributed by atoms with Crippen LogP contribution in [-0.4, -0.2) is 17.8 Å². The van der Waals surface area contributed by atoms with E-state index in [1.807, 2.05) is 0 Å². The molecule has 0 amide bonds. The number of benzene rings is 1. The van der Waals surface area contributed by atoms with Gasteiger partial charge in [0.15, 0.2) is 0 Å². The van der Waals surface area contributed by atoms with E-state index in [0.717, 1.165) is 18.4 Å². The van der Waals surface area contributed by atoms with Crippen molar-refractivity contribution in [3.8, 4) is 5.75 Å². The van der Waals surface area contributed by atoms with Crippen molar-refractivity contribution in [3.63, 3.8) is 0 Å². The van der Waals surface area contributed by atoms with Crippen LogP contribution in [0.3, 0.4) is 0 Å². The molecule has 1 fully saturated rings. The zero-order chi connectivity index (χ0) is 13.2. The summed E-state index contributed by atoms with van der Waals surface area (Å²) >= 11 is 5.84. The van der Waals surface area contributed by atoms with Crippen molar-refractivity contribution in [1.29, 1.82) is 0 Å². The molecule has 18 heavy (non-hydrogen) atoms. The highest BCUT2D eigenvalue weighted by Crippen LogP contribution is 2.26. The van der Waals surface area contributed by atoms with Gasteiger partial charge in [0.2, 0.25) is 0 Å². The van der Waals surface area contributed by atoms with Crippen molar-refractivity contribution in [2.75, 3.05) is 0 Å². The average Bonchev–Trinajstić information content (AvgIpc) is 2.23. The van der Waals surface area contributed by atoms with Crippen LogP contribution in [0.15, 0.2) is 24.3 Å². The van der Waals surface area contributed by atoms with E-state index in [0.29, 0.717) is 12.6 Å². The van der Waals surface area contributed by atoms with E-state index in [2.05, 4.69) is 10.1 Å². The van der Waals surface area contributed by atoms with Gasteiger partial charge in [-0.15, -0.1) is 24.8 Å². The Bertz CT molecular complexity index is 387. The fourth-order valence-corrected chi connectivity index (χ4v) is 2.22. The van der Waals surface area contributed by atoms with Crippen molar-refractivity contribution in [3.05, 3.63) is 29.8 Å². The molecule has 0 spiro atoms. The minimum Gasteiger partial charge on any atom is -0.406 e. The molecule has 1 aromatic rings. The molecule has 0 aliphatic heterocycles. The number of hydrogen-bond acceptors (Lipinski definition) is 2. The summed E-state index contributed by atoms with van der Waals surface area (Å²) in [4.78, 5) is 0. The normalized spacial score (nSPS) is 23.6. The Kier molecular flexibility index (Phi) is 4.02. The smallest absolute Gasteiger partial charge is 0.406 e. The first-order valence-electron chi connectivity index (χ1n) is 5.64. The molecule has 1 N–H and O–H groups in total. The van der Waals surface area contributed by atoms with Gasteiger partial charge in [0.25, 0.3) is 0 Å². The Morgan fingerprint density at radius 3 is 2.33 bits per heavy atom. The molecule has 0 unspecified atom stereocenters. The van der Waals surface area contributed by atoms with Gasteiger partial charge in [0.1, 0.15) is 5.75 Å². The molecule has 6 heteroatoms. The Morgan fingerprint density at radius 1 is 1.22 bits per heavy atom. The molecule has 1 aliphatic carbocycles. The maximum Gasteiger partial charge on any atom is 0.573 e. The summed E-state index contributed by atoms with van der Waals surface area (Å²) in [7, 11) is 0. The van der Waals surface area contributed by atoms with E-state index in [1.165, 1.54) is 12.1 Å². The molecule has 1 aliphatic rings. The molecule has 1 aromatic carbocycles. The van der Waals surface area contributed by atoms with Gasteiger partial charge >= 0.3 is 6.36 Å². The van der Waals surface area contributed by atoms with Crippen LogP contribution in [0.5, 0.6) is 5.75 Å². The summed E-state index contributed by atoms with van der Waals surface area (Å²) in [5, 5.41) is 3.54. The molecule has 2 rings (SSSR count). The lowest BCUT2D eigenvalue weighted by atomic mass is 9.92. The SMILES string of the molecule is FC(F)(F)Oc1ccc(CNC2CC(Cl)C2)cc1. The summed E-state index contributed by atoms with van der Waals surface area (Å²) in [6.07, 6.45) is -2.76. The lowest BCUT2D eigenvalue weighted by Gasteiger charge is -2.31. The van der Waals surface area contributed by atoms with Crippen molar-refractivity contribution in [1.82, 2.24) is 5.32 Å². The molecule has 0 radical (unpaired) electrons. The van der Waals surface area contributed by atoms with Crippen molar-refractivity contribution >= 4 is 11.6 Å². The summed E-state index contributed by atoms with van der Waals surface area (Å²) < 4.78 is 39.6. The number of halogens is 4. The molecule has 100 valence electrons. The Morgan fingerprint density at radius 2 is 1.83 bits per heavy atom. The molecular weight excluding hydrogens is 267 g/mol. The molecule has 1 saturated carbocycles. The van der Waals surface area contributed by atoms with Crippen LogP contribution in [-0.2, 0) is 6.54 Å². The second-order valence-corrected chi connectivity index (χ2v) is 4.96. The fourth-order valence-electron chi connectivity index (χ4n) is 1.79. The summed E-state index contributed by atoms with van der Waals surface area (Å²) in [5.74, 6) is -0.198. The van der Waals surface area contributed by atoms with Crippen LogP contribution < -0.4 is 10.1 Å². The third-order valence-corrected chi connectivity index (χ3v) is 3.19. The first-order chi connectivity index (χ1) is 8.42. The second kappa shape index (κ2) is 5.36. The van der Waals surface area contributed by atoms with Crippen LogP contribution in [0.2, 0.25) is 0 Å². The van der Waals surface area contributed by atoms with E-state index < -0.39 is 6.36 Å².